The summed E-state index contributed by atoms with van der Waals surface area (Å²) in [7, 11) is 0. The summed E-state index contributed by atoms with van der Waals surface area (Å²) in [5.41, 5.74) is 2.77. The molecule has 0 atom stereocenters. The van der Waals surface area contributed by atoms with E-state index in [4.69, 9.17) is 0 Å². The minimum Gasteiger partial charge on any atom is -0.268 e. The normalized spacial score (nSPS) is 14.0. The molecule has 0 radical (unpaired) electrons. The first-order valence-corrected chi connectivity index (χ1v) is 13.7. The fourth-order valence-corrected chi connectivity index (χ4v) is 5.48. The second-order valence-electron chi connectivity index (χ2n) is 10.2. The summed E-state index contributed by atoms with van der Waals surface area (Å²) < 4.78 is 0. The third kappa shape index (κ3) is 3.82. The molecule has 10 nitrogen and oxygen atoms in total. The van der Waals surface area contributed by atoms with E-state index in [0.717, 1.165) is 26.1 Å². The number of benzene rings is 4. The zero-order valence-corrected chi connectivity index (χ0v) is 22.7. The fourth-order valence-electron chi connectivity index (χ4n) is 5.48. The van der Waals surface area contributed by atoms with E-state index in [-0.39, 0.29) is 40.0 Å². The van der Waals surface area contributed by atoms with Gasteiger partial charge < -0.3 is 0 Å². The van der Waals surface area contributed by atoms with Crippen molar-refractivity contribution in [3.8, 4) is 22.6 Å². The molecule has 2 aliphatic rings. The molecule has 0 unspecified atom stereocenters. The predicted octanol–water partition coefficient (Wildman–Crippen LogP) is 5.36. The van der Waals surface area contributed by atoms with E-state index < -0.39 is 23.6 Å². The van der Waals surface area contributed by atoms with Gasteiger partial charge in [0, 0.05) is 22.7 Å². The number of rotatable bonds is 4. The Labute approximate surface area is 249 Å². The monoisotopic (exact) mass is 574 g/mol. The lowest BCUT2D eigenvalue weighted by atomic mass is 10.0. The van der Waals surface area contributed by atoms with Crippen LogP contribution in [0.2, 0.25) is 0 Å². The average molecular weight is 575 g/mol. The van der Waals surface area contributed by atoms with Crippen molar-refractivity contribution in [1.29, 1.82) is 0 Å². The summed E-state index contributed by atoms with van der Waals surface area (Å²) in [6, 6.07) is 29.9. The average Bonchev–Trinajstić information content (AvgIpc) is 3.48. The Bertz CT molecular complexity index is 2080. The number of amides is 4. The van der Waals surface area contributed by atoms with Crippen molar-refractivity contribution in [3.63, 3.8) is 0 Å². The number of hydrogen-bond donors (Lipinski definition) is 0. The highest BCUT2D eigenvalue weighted by molar-refractivity contribution is 6.35. The van der Waals surface area contributed by atoms with Crippen LogP contribution in [-0.4, -0.2) is 43.6 Å². The van der Waals surface area contributed by atoms with Crippen LogP contribution in [0.5, 0.6) is 0 Å². The molecule has 0 fully saturated rings. The number of hydrogen-bond acceptors (Lipinski definition) is 8. The molecule has 0 saturated carbocycles. The number of imide groups is 2. The lowest BCUT2D eigenvalue weighted by molar-refractivity contribution is 0.0911. The first-order chi connectivity index (χ1) is 21.5. The van der Waals surface area contributed by atoms with Gasteiger partial charge in [-0.2, -0.15) is 15.0 Å². The maximum absolute atomic E-state index is 13.4. The molecule has 6 aromatic rings. The number of pyridine rings is 1. The first-order valence-electron chi connectivity index (χ1n) is 13.7. The first kappa shape index (κ1) is 25.3. The van der Waals surface area contributed by atoms with Gasteiger partial charge in [-0.3, -0.25) is 24.2 Å². The third-order valence-electron chi connectivity index (χ3n) is 7.65. The lowest BCUT2D eigenvalue weighted by Gasteiger charge is -2.17. The van der Waals surface area contributed by atoms with Crippen LogP contribution in [0.15, 0.2) is 109 Å². The molecule has 4 aromatic carbocycles. The Morgan fingerprint density at radius 2 is 0.932 bits per heavy atom. The zero-order valence-electron chi connectivity index (χ0n) is 22.7. The maximum atomic E-state index is 13.4. The third-order valence-corrected chi connectivity index (χ3v) is 7.65. The van der Waals surface area contributed by atoms with Crippen molar-refractivity contribution in [2.45, 2.75) is 0 Å². The summed E-state index contributed by atoms with van der Waals surface area (Å²) in [4.78, 5) is 73.2. The van der Waals surface area contributed by atoms with Crippen LogP contribution in [0, 0.1) is 0 Å². The van der Waals surface area contributed by atoms with Crippen molar-refractivity contribution in [2.75, 3.05) is 9.80 Å². The van der Waals surface area contributed by atoms with Gasteiger partial charge in [-0.05, 0) is 41.8 Å². The number of aromatic nitrogens is 4. The highest BCUT2D eigenvalue weighted by Gasteiger charge is 2.42. The molecule has 4 amide bonds. The van der Waals surface area contributed by atoms with E-state index in [1.54, 1.807) is 66.9 Å². The van der Waals surface area contributed by atoms with E-state index >= 15 is 0 Å². The molecule has 0 aliphatic carbocycles. The number of nitrogens with zero attached hydrogens (tertiary/aromatic N) is 6. The van der Waals surface area contributed by atoms with Gasteiger partial charge >= 0.3 is 0 Å². The second-order valence-corrected chi connectivity index (χ2v) is 10.2. The summed E-state index contributed by atoms with van der Waals surface area (Å²) in [5, 5.41) is 2.02. The standard InChI is InChI=1S/C34H18N6O4/c41-29-23-12-3-4-13-24(23)30(42)39(29)33-36-28(37-34(38-33)40-31(43)25-14-5-6-15-26(25)32(40)44)21-11-7-10-20(16-21)27-17-19-8-1-2-9-22(19)18-35-27/h1-18H. The van der Waals surface area contributed by atoms with E-state index in [1.165, 1.54) is 0 Å². The van der Waals surface area contributed by atoms with Gasteiger partial charge in [-0.1, -0.05) is 66.7 Å². The Morgan fingerprint density at radius 3 is 1.48 bits per heavy atom. The molecular formula is C34H18N6O4. The van der Waals surface area contributed by atoms with Crippen LogP contribution in [0.25, 0.3) is 33.4 Å². The highest BCUT2D eigenvalue weighted by atomic mass is 16.2. The van der Waals surface area contributed by atoms with Crippen LogP contribution in [0.3, 0.4) is 0 Å². The SMILES string of the molecule is O=C1c2ccccc2C(=O)N1c1nc(-c2cccc(-c3cc4ccccc4cn3)c2)nc(N2C(=O)c3ccccc3C2=O)n1. The summed E-state index contributed by atoms with van der Waals surface area (Å²) in [5.74, 6) is -3.03. The zero-order chi connectivity index (χ0) is 29.9. The molecule has 10 heteroatoms. The molecule has 4 heterocycles. The van der Waals surface area contributed by atoms with Crippen molar-refractivity contribution in [2.24, 2.45) is 0 Å². The Morgan fingerprint density at radius 1 is 0.455 bits per heavy atom. The highest BCUT2D eigenvalue weighted by Crippen LogP contribution is 2.33. The summed E-state index contributed by atoms with van der Waals surface area (Å²) in [6.07, 6.45) is 1.79. The van der Waals surface area contributed by atoms with Crippen molar-refractivity contribution >= 4 is 46.3 Å². The molecule has 0 bridgehead atoms. The van der Waals surface area contributed by atoms with Crippen LogP contribution >= 0.6 is 0 Å². The minimum absolute atomic E-state index is 0.0563. The largest absolute Gasteiger partial charge is 0.268 e. The van der Waals surface area contributed by atoms with Crippen molar-refractivity contribution in [3.05, 3.63) is 132 Å². The summed E-state index contributed by atoms with van der Waals surface area (Å²) in [6.45, 7) is 0. The Balaban J connectivity index is 1.28. The number of carbonyl (C=O) groups excluding carboxylic acids is 4. The van der Waals surface area contributed by atoms with E-state index in [1.807, 2.05) is 42.5 Å². The lowest BCUT2D eigenvalue weighted by Crippen LogP contribution is -2.35. The summed E-state index contributed by atoms with van der Waals surface area (Å²) >= 11 is 0. The van der Waals surface area contributed by atoms with Crippen LogP contribution < -0.4 is 9.80 Å². The Hall–Kier alpha value is -6.42. The molecule has 2 aliphatic heterocycles. The molecule has 208 valence electrons. The fraction of sp³-hybridized carbons (Fsp3) is 0. The van der Waals surface area contributed by atoms with Gasteiger partial charge in [0.05, 0.1) is 27.9 Å². The molecule has 8 rings (SSSR count). The van der Waals surface area contributed by atoms with Crippen LogP contribution in [0.4, 0.5) is 11.9 Å². The molecular weight excluding hydrogens is 556 g/mol. The predicted molar refractivity (Wildman–Crippen MR) is 161 cm³/mol. The molecule has 2 aromatic heterocycles. The maximum Gasteiger partial charge on any atom is 0.268 e. The van der Waals surface area contributed by atoms with Gasteiger partial charge in [-0.25, -0.2) is 9.80 Å². The second kappa shape index (κ2) is 9.57. The number of carbonyl (C=O) groups is 4. The van der Waals surface area contributed by atoms with Crippen molar-refractivity contribution in [1.82, 2.24) is 19.9 Å². The molecule has 44 heavy (non-hydrogen) atoms. The quantitative estimate of drug-likeness (QED) is 0.258. The van der Waals surface area contributed by atoms with Gasteiger partial charge in [0.2, 0.25) is 11.9 Å². The number of fused-ring (bicyclic) bond motifs is 3. The smallest absolute Gasteiger partial charge is 0.268 e. The molecule has 0 spiro atoms. The molecule has 0 N–H and O–H groups in total. The van der Waals surface area contributed by atoms with Crippen molar-refractivity contribution < 1.29 is 19.2 Å². The molecule has 0 saturated heterocycles. The number of anilines is 2. The van der Waals surface area contributed by atoms with Gasteiger partial charge in [-0.15, -0.1) is 0 Å². The van der Waals surface area contributed by atoms with Gasteiger partial charge in [0.15, 0.2) is 5.82 Å². The van der Waals surface area contributed by atoms with E-state index in [9.17, 15) is 19.2 Å². The van der Waals surface area contributed by atoms with E-state index in [0.29, 0.717) is 11.3 Å². The van der Waals surface area contributed by atoms with Crippen LogP contribution in [0.1, 0.15) is 41.4 Å². The van der Waals surface area contributed by atoms with Gasteiger partial charge in [0.1, 0.15) is 0 Å². The Kier molecular flexibility index (Phi) is 5.50. The topological polar surface area (TPSA) is 126 Å². The van der Waals surface area contributed by atoms with Crippen LogP contribution in [-0.2, 0) is 0 Å². The van der Waals surface area contributed by atoms with E-state index in [2.05, 4.69) is 19.9 Å². The van der Waals surface area contributed by atoms with Gasteiger partial charge in [0.25, 0.3) is 23.6 Å². The minimum atomic E-state index is -0.620.